The quantitative estimate of drug-likeness (QED) is 0.516. The number of rotatable bonds is 5. The minimum absolute atomic E-state index is 0.0000665. The molecule has 0 radical (unpaired) electrons. The van der Waals surface area contributed by atoms with E-state index >= 15 is 0 Å². The standard InChI is InChI=1S/C9H14N2O3/c1-7(9(10)14)6-11-8(13)4-2-3-5-12/h2,4,6,12H,3,5H2,1H3,(H2,10,14)(H,11,13). The first-order valence-electron chi connectivity index (χ1n) is 4.12. The molecule has 0 unspecified atom stereocenters. The summed E-state index contributed by atoms with van der Waals surface area (Å²) in [5.41, 5.74) is 5.21. The first kappa shape index (κ1) is 12.4. The van der Waals surface area contributed by atoms with Crippen molar-refractivity contribution in [2.24, 2.45) is 5.73 Å². The molecule has 0 aromatic carbocycles. The van der Waals surface area contributed by atoms with E-state index in [9.17, 15) is 9.59 Å². The summed E-state index contributed by atoms with van der Waals surface area (Å²) < 4.78 is 0. The van der Waals surface area contributed by atoms with Gasteiger partial charge in [-0.1, -0.05) is 6.08 Å². The number of hydrogen-bond donors (Lipinski definition) is 3. The van der Waals surface area contributed by atoms with Gasteiger partial charge in [-0.2, -0.15) is 0 Å². The topological polar surface area (TPSA) is 92.4 Å². The Kier molecular flexibility index (Phi) is 6.06. The maximum absolute atomic E-state index is 11.0. The van der Waals surface area contributed by atoms with Crippen LogP contribution in [0.4, 0.5) is 0 Å². The zero-order chi connectivity index (χ0) is 11.0. The molecule has 5 nitrogen and oxygen atoms in total. The van der Waals surface area contributed by atoms with Gasteiger partial charge in [-0.15, -0.1) is 0 Å². The maximum Gasteiger partial charge on any atom is 0.247 e. The molecule has 0 rings (SSSR count). The molecule has 0 aliphatic rings. The number of carbonyl (C=O) groups excluding carboxylic acids is 2. The van der Waals surface area contributed by atoms with Crippen molar-refractivity contribution in [1.29, 1.82) is 0 Å². The van der Waals surface area contributed by atoms with E-state index in [1.165, 1.54) is 25.3 Å². The fraction of sp³-hybridized carbons (Fsp3) is 0.333. The van der Waals surface area contributed by atoms with Crippen molar-refractivity contribution in [2.45, 2.75) is 13.3 Å². The third-order valence-corrected chi connectivity index (χ3v) is 1.38. The molecule has 4 N–H and O–H groups in total. The Morgan fingerprint density at radius 3 is 2.64 bits per heavy atom. The Balaban J connectivity index is 3.96. The molecule has 5 heteroatoms. The Morgan fingerprint density at radius 2 is 2.14 bits per heavy atom. The minimum atomic E-state index is -0.579. The Morgan fingerprint density at radius 1 is 1.50 bits per heavy atom. The van der Waals surface area contributed by atoms with Gasteiger partial charge >= 0.3 is 0 Å². The highest BCUT2D eigenvalue weighted by atomic mass is 16.2. The first-order valence-corrected chi connectivity index (χ1v) is 4.12. The third kappa shape index (κ3) is 5.96. The summed E-state index contributed by atoms with van der Waals surface area (Å²) in [5, 5.41) is 10.8. The average Bonchev–Trinajstić information content (AvgIpc) is 2.14. The number of aliphatic hydroxyl groups excluding tert-OH is 1. The molecule has 0 bridgehead atoms. The second-order valence-electron chi connectivity index (χ2n) is 2.61. The summed E-state index contributed by atoms with van der Waals surface area (Å²) in [7, 11) is 0. The van der Waals surface area contributed by atoms with Crippen molar-refractivity contribution >= 4 is 11.8 Å². The molecule has 78 valence electrons. The third-order valence-electron chi connectivity index (χ3n) is 1.38. The number of nitrogens with one attached hydrogen (secondary N) is 1. The number of aliphatic hydroxyl groups is 1. The molecule has 0 aromatic heterocycles. The van der Waals surface area contributed by atoms with Crippen LogP contribution in [0.25, 0.3) is 0 Å². The molecular formula is C9H14N2O3. The highest BCUT2D eigenvalue weighted by Crippen LogP contribution is 1.87. The van der Waals surface area contributed by atoms with Crippen LogP contribution < -0.4 is 11.1 Å². The molecule has 0 aromatic rings. The normalized spacial score (nSPS) is 11.7. The van der Waals surface area contributed by atoms with Crippen LogP contribution in [0, 0.1) is 0 Å². The number of nitrogens with two attached hydrogens (primary N) is 1. The Labute approximate surface area is 82.3 Å². The van der Waals surface area contributed by atoms with Gasteiger partial charge in [0.15, 0.2) is 0 Å². The van der Waals surface area contributed by atoms with Crippen molar-refractivity contribution in [3.05, 3.63) is 23.9 Å². The van der Waals surface area contributed by atoms with E-state index < -0.39 is 5.91 Å². The first-order chi connectivity index (χ1) is 6.57. The van der Waals surface area contributed by atoms with Crippen LogP contribution in [0.2, 0.25) is 0 Å². The molecule has 0 aliphatic carbocycles. The van der Waals surface area contributed by atoms with Crippen LogP contribution in [0.3, 0.4) is 0 Å². The maximum atomic E-state index is 11.0. The zero-order valence-electron chi connectivity index (χ0n) is 7.99. The van der Waals surface area contributed by atoms with Crippen LogP contribution in [0.5, 0.6) is 0 Å². The van der Waals surface area contributed by atoms with Crippen molar-refractivity contribution in [2.75, 3.05) is 6.61 Å². The predicted molar refractivity (Wildman–Crippen MR) is 51.9 cm³/mol. The summed E-state index contributed by atoms with van der Waals surface area (Å²) in [4.78, 5) is 21.5. The molecule has 0 aliphatic heterocycles. The molecular weight excluding hydrogens is 184 g/mol. The summed E-state index contributed by atoms with van der Waals surface area (Å²) >= 11 is 0. The number of hydrogen-bond acceptors (Lipinski definition) is 3. The van der Waals surface area contributed by atoms with Gasteiger partial charge in [0, 0.05) is 18.4 Å². The van der Waals surface area contributed by atoms with E-state index in [0.29, 0.717) is 6.42 Å². The predicted octanol–water partition coefficient (Wildman–Crippen LogP) is -0.570. The van der Waals surface area contributed by atoms with E-state index in [2.05, 4.69) is 5.32 Å². The second-order valence-corrected chi connectivity index (χ2v) is 2.61. The number of carbonyl (C=O) groups is 2. The van der Waals surface area contributed by atoms with Crippen molar-refractivity contribution in [3.63, 3.8) is 0 Å². The molecule has 0 spiro atoms. The Hall–Kier alpha value is -1.62. The zero-order valence-corrected chi connectivity index (χ0v) is 7.99. The molecule has 0 saturated carbocycles. The van der Waals surface area contributed by atoms with Gasteiger partial charge in [0.05, 0.1) is 0 Å². The van der Waals surface area contributed by atoms with Gasteiger partial charge in [-0.3, -0.25) is 9.59 Å². The van der Waals surface area contributed by atoms with E-state index in [1.807, 2.05) is 0 Å². The fourth-order valence-electron chi connectivity index (χ4n) is 0.564. The lowest BCUT2D eigenvalue weighted by atomic mass is 10.3. The van der Waals surface area contributed by atoms with Crippen LogP contribution in [-0.2, 0) is 9.59 Å². The highest BCUT2D eigenvalue weighted by molar-refractivity contribution is 5.93. The van der Waals surface area contributed by atoms with Crippen LogP contribution >= 0.6 is 0 Å². The average molecular weight is 198 g/mol. The minimum Gasteiger partial charge on any atom is -0.396 e. The molecule has 14 heavy (non-hydrogen) atoms. The van der Waals surface area contributed by atoms with E-state index in [-0.39, 0.29) is 18.1 Å². The molecule has 0 atom stereocenters. The SMILES string of the molecule is CC(=CNC(=O)C=CCCO)C(N)=O. The van der Waals surface area contributed by atoms with Crippen LogP contribution in [-0.4, -0.2) is 23.5 Å². The lowest BCUT2D eigenvalue weighted by molar-refractivity contribution is -0.115. The lowest BCUT2D eigenvalue weighted by Gasteiger charge is -1.95. The van der Waals surface area contributed by atoms with Crippen LogP contribution in [0.15, 0.2) is 23.9 Å². The van der Waals surface area contributed by atoms with E-state index in [0.717, 1.165) is 0 Å². The summed E-state index contributed by atoms with van der Waals surface area (Å²) in [5.74, 6) is -0.941. The van der Waals surface area contributed by atoms with Crippen molar-refractivity contribution in [1.82, 2.24) is 5.32 Å². The number of amides is 2. The highest BCUT2D eigenvalue weighted by Gasteiger charge is 1.97. The number of primary amides is 1. The van der Waals surface area contributed by atoms with Crippen molar-refractivity contribution in [3.8, 4) is 0 Å². The Bertz CT molecular complexity index is 269. The molecule has 2 amide bonds. The largest absolute Gasteiger partial charge is 0.396 e. The van der Waals surface area contributed by atoms with E-state index in [4.69, 9.17) is 10.8 Å². The van der Waals surface area contributed by atoms with Gasteiger partial charge in [-0.25, -0.2) is 0 Å². The van der Waals surface area contributed by atoms with E-state index in [1.54, 1.807) is 0 Å². The summed E-state index contributed by atoms with van der Waals surface area (Å²) in [6, 6.07) is 0. The van der Waals surface area contributed by atoms with Crippen molar-refractivity contribution < 1.29 is 14.7 Å². The smallest absolute Gasteiger partial charge is 0.247 e. The van der Waals surface area contributed by atoms with Gasteiger partial charge in [0.1, 0.15) is 0 Å². The van der Waals surface area contributed by atoms with Crippen LogP contribution in [0.1, 0.15) is 13.3 Å². The van der Waals surface area contributed by atoms with Gasteiger partial charge < -0.3 is 16.2 Å². The molecule has 0 fully saturated rings. The second kappa shape index (κ2) is 6.85. The van der Waals surface area contributed by atoms with Gasteiger partial charge in [-0.05, 0) is 19.4 Å². The van der Waals surface area contributed by atoms with Gasteiger partial charge in [0.2, 0.25) is 11.8 Å². The van der Waals surface area contributed by atoms with Gasteiger partial charge in [0.25, 0.3) is 0 Å². The lowest BCUT2D eigenvalue weighted by Crippen LogP contribution is -2.19. The summed E-state index contributed by atoms with van der Waals surface area (Å²) in [6.07, 6.45) is 4.48. The molecule has 0 heterocycles. The summed E-state index contributed by atoms with van der Waals surface area (Å²) in [6.45, 7) is 1.50. The fourth-order valence-corrected chi connectivity index (χ4v) is 0.564. The monoisotopic (exact) mass is 198 g/mol. The molecule has 0 saturated heterocycles.